The van der Waals surface area contributed by atoms with Gasteiger partial charge in [-0.3, -0.25) is 4.68 Å². The van der Waals surface area contributed by atoms with Gasteiger partial charge in [-0.2, -0.15) is 5.10 Å². The average molecular weight is 270 g/mol. The van der Waals surface area contributed by atoms with Crippen molar-refractivity contribution in [1.29, 1.82) is 0 Å². The van der Waals surface area contributed by atoms with Gasteiger partial charge in [0.25, 0.3) is 0 Å². The highest BCUT2D eigenvalue weighted by Gasteiger charge is 2.20. The lowest BCUT2D eigenvalue weighted by Crippen LogP contribution is -2.36. The van der Waals surface area contributed by atoms with Gasteiger partial charge in [0.1, 0.15) is 5.82 Å². The van der Waals surface area contributed by atoms with Crippen molar-refractivity contribution in [2.24, 2.45) is 0 Å². The van der Waals surface area contributed by atoms with Crippen molar-refractivity contribution in [3.8, 4) is 0 Å². The molecule has 2 N–H and O–H groups in total. The maximum Gasteiger partial charge on any atom is 0.145 e. The van der Waals surface area contributed by atoms with E-state index in [0.29, 0.717) is 11.9 Å². The fourth-order valence-corrected chi connectivity index (χ4v) is 2.90. The zero-order chi connectivity index (χ0) is 13.8. The monoisotopic (exact) mass is 270 g/mol. The topological polar surface area (TPSA) is 47.1 Å². The van der Waals surface area contributed by atoms with Crippen LogP contribution in [-0.2, 0) is 6.42 Å². The Morgan fingerprint density at radius 2 is 1.85 bits per heavy atom. The molecule has 2 aromatic rings. The van der Waals surface area contributed by atoms with Crippen molar-refractivity contribution in [2.45, 2.75) is 25.3 Å². The Kier molecular flexibility index (Phi) is 4.02. The highest BCUT2D eigenvalue weighted by molar-refractivity contribution is 5.24. The third kappa shape index (κ3) is 3.20. The van der Waals surface area contributed by atoms with E-state index < -0.39 is 0 Å². The number of hydrogen-bond donors (Lipinski definition) is 1. The molecule has 20 heavy (non-hydrogen) atoms. The van der Waals surface area contributed by atoms with Crippen LogP contribution in [0.25, 0.3) is 0 Å². The van der Waals surface area contributed by atoms with Crippen LogP contribution < -0.4 is 5.73 Å². The number of aromatic nitrogens is 2. The normalized spacial score (nSPS) is 17.4. The number of nitrogen functional groups attached to an aromatic ring is 1. The molecule has 1 aromatic carbocycles. The molecule has 1 aromatic heterocycles. The standard InChI is InChI=1S/C16H22N4/c17-16-9-13-20(18-16)15-7-11-19(12-8-15)10-6-14-4-2-1-3-5-14/h1-5,9,13,15H,6-8,10-12H2,(H2,17,18). The fraction of sp³-hybridized carbons (Fsp3) is 0.438. The van der Waals surface area contributed by atoms with Crippen LogP contribution in [0.4, 0.5) is 5.82 Å². The molecule has 0 radical (unpaired) electrons. The van der Waals surface area contributed by atoms with Crippen LogP contribution >= 0.6 is 0 Å². The molecule has 106 valence electrons. The molecule has 1 fully saturated rings. The Balaban J connectivity index is 1.47. The van der Waals surface area contributed by atoms with E-state index in [9.17, 15) is 0 Å². The lowest BCUT2D eigenvalue weighted by atomic mass is 10.0. The van der Waals surface area contributed by atoms with Gasteiger partial charge in [0, 0.05) is 25.8 Å². The first kappa shape index (κ1) is 13.2. The van der Waals surface area contributed by atoms with Gasteiger partial charge in [0.2, 0.25) is 0 Å². The van der Waals surface area contributed by atoms with Crippen LogP contribution in [0.1, 0.15) is 24.4 Å². The second-order valence-corrected chi connectivity index (χ2v) is 5.53. The molecule has 0 amide bonds. The van der Waals surface area contributed by atoms with E-state index >= 15 is 0 Å². The molecular weight excluding hydrogens is 248 g/mol. The van der Waals surface area contributed by atoms with Crippen molar-refractivity contribution in [2.75, 3.05) is 25.4 Å². The summed E-state index contributed by atoms with van der Waals surface area (Å²) in [5.41, 5.74) is 7.11. The third-order valence-corrected chi connectivity index (χ3v) is 4.12. The maximum absolute atomic E-state index is 5.68. The summed E-state index contributed by atoms with van der Waals surface area (Å²) in [7, 11) is 0. The van der Waals surface area contributed by atoms with Gasteiger partial charge in [0.05, 0.1) is 6.04 Å². The summed E-state index contributed by atoms with van der Waals surface area (Å²) in [6, 6.07) is 13.1. The molecule has 0 unspecified atom stereocenters. The number of likely N-dealkylation sites (tertiary alicyclic amines) is 1. The molecule has 4 heteroatoms. The third-order valence-electron chi connectivity index (χ3n) is 4.12. The van der Waals surface area contributed by atoms with E-state index in [2.05, 4.69) is 40.3 Å². The van der Waals surface area contributed by atoms with Crippen molar-refractivity contribution in [1.82, 2.24) is 14.7 Å². The molecule has 1 aliphatic rings. The molecule has 4 nitrogen and oxygen atoms in total. The molecule has 0 spiro atoms. The zero-order valence-corrected chi connectivity index (χ0v) is 11.8. The molecule has 2 heterocycles. The number of nitrogens with zero attached hydrogens (tertiary/aromatic N) is 3. The molecule has 1 saturated heterocycles. The predicted octanol–water partition coefficient (Wildman–Crippen LogP) is 2.34. The number of anilines is 1. The lowest BCUT2D eigenvalue weighted by molar-refractivity contribution is 0.182. The number of hydrogen-bond acceptors (Lipinski definition) is 3. The van der Waals surface area contributed by atoms with Gasteiger partial charge in [0.15, 0.2) is 0 Å². The second-order valence-electron chi connectivity index (χ2n) is 5.53. The molecule has 0 atom stereocenters. The summed E-state index contributed by atoms with van der Waals surface area (Å²) in [4.78, 5) is 2.55. The molecular formula is C16H22N4. The number of nitrogens with two attached hydrogens (primary N) is 1. The molecule has 1 aliphatic heterocycles. The smallest absolute Gasteiger partial charge is 0.145 e. The van der Waals surface area contributed by atoms with Crippen LogP contribution in [0, 0.1) is 0 Å². The summed E-state index contributed by atoms with van der Waals surface area (Å²) in [6.07, 6.45) is 5.46. The van der Waals surface area contributed by atoms with E-state index in [0.717, 1.165) is 38.9 Å². The highest BCUT2D eigenvalue weighted by Crippen LogP contribution is 2.22. The minimum Gasteiger partial charge on any atom is -0.382 e. The quantitative estimate of drug-likeness (QED) is 0.927. The Morgan fingerprint density at radius 1 is 1.10 bits per heavy atom. The minimum absolute atomic E-state index is 0.514. The summed E-state index contributed by atoms with van der Waals surface area (Å²) >= 11 is 0. The summed E-state index contributed by atoms with van der Waals surface area (Å²) in [5, 5.41) is 4.33. The first-order valence-corrected chi connectivity index (χ1v) is 7.38. The van der Waals surface area contributed by atoms with Gasteiger partial charge in [-0.25, -0.2) is 0 Å². The average Bonchev–Trinajstić information content (AvgIpc) is 2.93. The van der Waals surface area contributed by atoms with E-state index in [1.54, 1.807) is 0 Å². The molecule has 0 bridgehead atoms. The largest absolute Gasteiger partial charge is 0.382 e. The lowest BCUT2D eigenvalue weighted by Gasteiger charge is -2.32. The number of rotatable bonds is 4. The Hall–Kier alpha value is -1.81. The summed E-state index contributed by atoms with van der Waals surface area (Å²) < 4.78 is 2.03. The molecule has 3 rings (SSSR count). The van der Waals surface area contributed by atoms with Crippen LogP contribution in [0.3, 0.4) is 0 Å². The number of benzene rings is 1. The minimum atomic E-state index is 0.514. The van der Waals surface area contributed by atoms with Crippen LogP contribution in [-0.4, -0.2) is 34.3 Å². The van der Waals surface area contributed by atoms with E-state index in [1.165, 1.54) is 5.56 Å². The van der Waals surface area contributed by atoms with Crippen molar-refractivity contribution < 1.29 is 0 Å². The first-order chi connectivity index (χ1) is 9.81. The van der Waals surface area contributed by atoms with E-state index in [-0.39, 0.29) is 0 Å². The molecule has 0 saturated carbocycles. The van der Waals surface area contributed by atoms with Crippen molar-refractivity contribution >= 4 is 5.82 Å². The summed E-state index contributed by atoms with van der Waals surface area (Å²) in [6.45, 7) is 3.45. The zero-order valence-electron chi connectivity index (χ0n) is 11.8. The van der Waals surface area contributed by atoms with Gasteiger partial charge >= 0.3 is 0 Å². The van der Waals surface area contributed by atoms with Crippen LogP contribution in [0.15, 0.2) is 42.6 Å². The Labute approximate surface area is 120 Å². The maximum atomic E-state index is 5.68. The van der Waals surface area contributed by atoms with Crippen LogP contribution in [0.2, 0.25) is 0 Å². The van der Waals surface area contributed by atoms with Gasteiger partial charge in [-0.1, -0.05) is 30.3 Å². The first-order valence-electron chi connectivity index (χ1n) is 7.38. The van der Waals surface area contributed by atoms with Crippen LogP contribution in [0.5, 0.6) is 0 Å². The van der Waals surface area contributed by atoms with Gasteiger partial charge < -0.3 is 10.6 Å². The molecule has 0 aliphatic carbocycles. The fourth-order valence-electron chi connectivity index (χ4n) is 2.90. The highest BCUT2D eigenvalue weighted by atomic mass is 15.3. The van der Waals surface area contributed by atoms with Crippen molar-refractivity contribution in [3.05, 3.63) is 48.2 Å². The van der Waals surface area contributed by atoms with Gasteiger partial charge in [-0.05, 0) is 30.9 Å². The predicted molar refractivity (Wildman–Crippen MR) is 81.5 cm³/mol. The second kappa shape index (κ2) is 6.09. The van der Waals surface area contributed by atoms with Crippen molar-refractivity contribution in [3.63, 3.8) is 0 Å². The summed E-state index contributed by atoms with van der Waals surface area (Å²) in [5.74, 6) is 0.622. The number of piperidine rings is 1. The van der Waals surface area contributed by atoms with Gasteiger partial charge in [-0.15, -0.1) is 0 Å². The van der Waals surface area contributed by atoms with E-state index in [4.69, 9.17) is 5.73 Å². The van der Waals surface area contributed by atoms with E-state index in [1.807, 2.05) is 16.9 Å². The Bertz CT molecular complexity index is 526. The SMILES string of the molecule is Nc1ccn(C2CCN(CCc3ccccc3)CC2)n1. The Morgan fingerprint density at radius 3 is 2.50 bits per heavy atom.